The molecule has 0 aliphatic carbocycles. The molecule has 1 aliphatic heterocycles. The summed E-state index contributed by atoms with van der Waals surface area (Å²) in [7, 11) is -2.20. The smallest absolute Gasteiger partial charge is 0.241 e. The van der Waals surface area contributed by atoms with Gasteiger partial charge in [-0.15, -0.1) is 0 Å². The Balaban J connectivity index is 2.45. The fourth-order valence-corrected chi connectivity index (χ4v) is 4.36. The summed E-state index contributed by atoms with van der Waals surface area (Å²) >= 11 is 0. The van der Waals surface area contributed by atoms with Gasteiger partial charge >= 0.3 is 0 Å². The molecule has 1 aromatic carbocycles. The zero-order chi connectivity index (χ0) is 15.8. The minimum atomic E-state index is -3.75. The van der Waals surface area contributed by atoms with E-state index in [0.29, 0.717) is 29.8 Å². The molecule has 6 nitrogen and oxygen atoms in total. The van der Waals surface area contributed by atoms with Gasteiger partial charge in [0, 0.05) is 6.54 Å². The molecule has 1 saturated heterocycles. The lowest BCUT2D eigenvalue weighted by atomic mass is 10.1. The van der Waals surface area contributed by atoms with E-state index in [1.54, 1.807) is 27.0 Å². The SMILES string of the molecule is COc1cc(C)c(S(=O)(=O)N[C@H]2CCNC2=O)c(C)c1C. The maximum Gasteiger partial charge on any atom is 0.241 e. The predicted molar refractivity (Wildman–Crippen MR) is 78.9 cm³/mol. The van der Waals surface area contributed by atoms with Crippen LogP contribution in [-0.2, 0) is 14.8 Å². The summed E-state index contributed by atoms with van der Waals surface area (Å²) in [4.78, 5) is 11.8. The fraction of sp³-hybridized carbons (Fsp3) is 0.500. The highest BCUT2D eigenvalue weighted by atomic mass is 32.2. The van der Waals surface area contributed by atoms with Crippen LogP contribution in [0.25, 0.3) is 0 Å². The van der Waals surface area contributed by atoms with E-state index in [9.17, 15) is 13.2 Å². The summed E-state index contributed by atoms with van der Waals surface area (Å²) in [6.07, 6.45) is 0.464. The van der Waals surface area contributed by atoms with Gasteiger partial charge in [-0.3, -0.25) is 4.79 Å². The van der Waals surface area contributed by atoms with E-state index in [1.807, 2.05) is 6.92 Å². The number of amides is 1. The molecule has 0 unspecified atom stereocenters. The first kappa shape index (κ1) is 15.8. The van der Waals surface area contributed by atoms with Gasteiger partial charge in [0.1, 0.15) is 11.8 Å². The standard InChI is InChI=1S/C14H20N2O4S/c1-8-7-12(20-4)9(2)10(3)13(8)21(18,19)16-11-5-6-15-14(11)17/h7,11,16H,5-6H2,1-4H3,(H,15,17)/t11-/m0/s1. The lowest BCUT2D eigenvalue weighted by molar-refractivity contribution is -0.120. The maximum absolute atomic E-state index is 12.6. The van der Waals surface area contributed by atoms with E-state index in [4.69, 9.17) is 4.74 Å². The number of carbonyl (C=O) groups excluding carboxylic acids is 1. The second kappa shape index (κ2) is 5.65. The second-order valence-corrected chi connectivity index (χ2v) is 6.88. The van der Waals surface area contributed by atoms with Crippen molar-refractivity contribution >= 4 is 15.9 Å². The first-order valence-electron chi connectivity index (χ1n) is 6.72. The van der Waals surface area contributed by atoms with Crippen molar-refractivity contribution in [2.24, 2.45) is 0 Å². The van der Waals surface area contributed by atoms with Crippen LogP contribution in [0, 0.1) is 20.8 Å². The van der Waals surface area contributed by atoms with Crippen LogP contribution in [-0.4, -0.2) is 34.0 Å². The molecule has 21 heavy (non-hydrogen) atoms. The summed E-state index contributed by atoms with van der Waals surface area (Å²) in [6, 6.07) is 1.00. The van der Waals surface area contributed by atoms with Crippen molar-refractivity contribution in [2.45, 2.75) is 38.1 Å². The molecule has 0 radical (unpaired) electrons. The lowest BCUT2D eigenvalue weighted by Gasteiger charge is -2.18. The number of hydrogen-bond donors (Lipinski definition) is 2. The first-order chi connectivity index (χ1) is 9.77. The molecule has 116 valence electrons. The van der Waals surface area contributed by atoms with Gasteiger partial charge in [-0.05, 0) is 49.9 Å². The first-order valence-corrected chi connectivity index (χ1v) is 8.21. The molecule has 7 heteroatoms. The Bertz CT molecular complexity index is 683. The van der Waals surface area contributed by atoms with Crippen LogP contribution in [0.2, 0.25) is 0 Å². The monoisotopic (exact) mass is 312 g/mol. The third-order valence-electron chi connectivity index (χ3n) is 3.81. The Morgan fingerprint density at radius 2 is 1.95 bits per heavy atom. The molecule has 1 heterocycles. The number of ether oxygens (including phenoxy) is 1. The summed E-state index contributed by atoms with van der Waals surface area (Å²) in [5.41, 5.74) is 2.01. The molecule has 0 spiro atoms. The Hall–Kier alpha value is -1.60. The fourth-order valence-electron chi connectivity index (χ4n) is 2.60. The molecule has 1 aromatic rings. The molecule has 1 aliphatic rings. The van der Waals surface area contributed by atoms with Crippen LogP contribution in [0.15, 0.2) is 11.0 Å². The largest absolute Gasteiger partial charge is 0.496 e. The Labute approximate surface area is 124 Å². The predicted octanol–water partition coefficient (Wildman–Crippen LogP) is 0.787. The lowest BCUT2D eigenvalue weighted by Crippen LogP contribution is -2.40. The minimum Gasteiger partial charge on any atom is -0.496 e. The van der Waals surface area contributed by atoms with Gasteiger partial charge in [-0.2, -0.15) is 4.72 Å². The van der Waals surface area contributed by atoms with E-state index in [2.05, 4.69) is 10.0 Å². The topological polar surface area (TPSA) is 84.5 Å². The summed E-state index contributed by atoms with van der Waals surface area (Å²) in [6.45, 7) is 5.77. The van der Waals surface area contributed by atoms with Gasteiger partial charge in [-0.25, -0.2) is 8.42 Å². The Morgan fingerprint density at radius 3 is 2.48 bits per heavy atom. The number of methoxy groups -OCH3 is 1. The van der Waals surface area contributed by atoms with Gasteiger partial charge in [-0.1, -0.05) is 0 Å². The molecule has 2 rings (SSSR count). The quantitative estimate of drug-likeness (QED) is 0.861. The van der Waals surface area contributed by atoms with Gasteiger partial charge < -0.3 is 10.1 Å². The number of nitrogens with one attached hydrogen (secondary N) is 2. The number of benzene rings is 1. The number of rotatable bonds is 4. The number of sulfonamides is 1. The molecule has 1 fully saturated rings. The highest BCUT2D eigenvalue weighted by Crippen LogP contribution is 2.30. The van der Waals surface area contributed by atoms with Gasteiger partial charge in [0.05, 0.1) is 12.0 Å². The number of carbonyl (C=O) groups is 1. The zero-order valence-corrected chi connectivity index (χ0v) is 13.4. The number of aryl methyl sites for hydroxylation is 1. The van der Waals surface area contributed by atoms with Crippen LogP contribution < -0.4 is 14.8 Å². The molecule has 0 bridgehead atoms. The van der Waals surface area contributed by atoms with Crippen LogP contribution in [0.1, 0.15) is 23.1 Å². The van der Waals surface area contributed by atoms with Crippen molar-refractivity contribution < 1.29 is 17.9 Å². The Kier molecular flexibility index (Phi) is 4.25. The summed E-state index contributed by atoms with van der Waals surface area (Å²) in [5, 5.41) is 2.62. The van der Waals surface area contributed by atoms with Crippen molar-refractivity contribution in [3.8, 4) is 5.75 Å². The average Bonchev–Trinajstić information content (AvgIpc) is 2.78. The van der Waals surface area contributed by atoms with E-state index < -0.39 is 16.1 Å². The maximum atomic E-state index is 12.6. The molecule has 1 amide bonds. The van der Waals surface area contributed by atoms with Crippen molar-refractivity contribution in [1.29, 1.82) is 0 Å². The van der Waals surface area contributed by atoms with E-state index in [1.165, 1.54) is 0 Å². The molecule has 2 N–H and O–H groups in total. The third kappa shape index (κ3) is 2.89. The van der Waals surface area contributed by atoms with Crippen LogP contribution in [0.5, 0.6) is 5.75 Å². The van der Waals surface area contributed by atoms with Crippen molar-refractivity contribution in [2.75, 3.05) is 13.7 Å². The molecule has 0 saturated carbocycles. The van der Waals surface area contributed by atoms with Gasteiger partial charge in [0.2, 0.25) is 15.9 Å². The van der Waals surface area contributed by atoms with Crippen LogP contribution in [0.3, 0.4) is 0 Å². The summed E-state index contributed by atoms with van der Waals surface area (Å²) in [5.74, 6) is 0.377. The van der Waals surface area contributed by atoms with Gasteiger partial charge in [0.15, 0.2) is 0 Å². The van der Waals surface area contributed by atoms with E-state index >= 15 is 0 Å². The molecule has 1 atom stereocenters. The van der Waals surface area contributed by atoms with E-state index in [0.717, 1.165) is 5.56 Å². The average molecular weight is 312 g/mol. The van der Waals surface area contributed by atoms with Crippen molar-refractivity contribution in [3.63, 3.8) is 0 Å². The number of hydrogen-bond acceptors (Lipinski definition) is 4. The highest BCUT2D eigenvalue weighted by molar-refractivity contribution is 7.89. The zero-order valence-electron chi connectivity index (χ0n) is 12.6. The molecule has 0 aromatic heterocycles. The molecular weight excluding hydrogens is 292 g/mol. The third-order valence-corrected chi connectivity index (χ3v) is 5.57. The Morgan fingerprint density at radius 1 is 1.29 bits per heavy atom. The minimum absolute atomic E-state index is 0.223. The summed E-state index contributed by atoms with van der Waals surface area (Å²) < 4.78 is 32.9. The second-order valence-electron chi connectivity index (χ2n) is 5.23. The van der Waals surface area contributed by atoms with Crippen LogP contribution >= 0.6 is 0 Å². The van der Waals surface area contributed by atoms with E-state index in [-0.39, 0.29) is 10.8 Å². The highest BCUT2D eigenvalue weighted by Gasteiger charge is 2.31. The van der Waals surface area contributed by atoms with Crippen molar-refractivity contribution in [3.05, 3.63) is 22.8 Å². The van der Waals surface area contributed by atoms with Crippen LogP contribution in [0.4, 0.5) is 0 Å². The molecular formula is C14H20N2O4S. The van der Waals surface area contributed by atoms with Gasteiger partial charge in [0.25, 0.3) is 0 Å². The van der Waals surface area contributed by atoms with Crippen molar-refractivity contribution in [1.82, 2.24) is 10.0 Å². The normalized spacial score (nSPS) is 18.7.